The maximum Gasteiger partial charge on any atom is 0.323 e. The van der Waals surface area contributed by atoms with Crippen LogP contribution < -0.4 is 4.74 Å². The van der Waals surface area contributed by atoms with Crippen molar-refractivity contribution >= 4 is 22.6 Å². The highest BCUT2D eigenvalue weighted by Crippen LogP contribution is 2.26. The lowest BCUT2D eigenvalue weighted by molar-refractivity contribution is -0.144. The molecule has 0 heterocycles. The Balaban J connectivity index is 2.27. The van der Waals surface area contributed by atoms with Gasteiger partial charge in [0.1, 0.15) is 12.3 Å². The van der Waals surface area contributed by atoms with E-state index in [4.69, 9.17) is 9.84 Å². The molecular formula is C18H21NO4. The molecule has 0 saturated carbocycles. The van der Waals surface area contributed by atoms with E-state index in [2.05, 4.69) is 0 Å². The summed E-state index contributed by atoms with van der Waals surface area (Å²) >= 11 is 0. The van der Waals surface area contributed by atoms with E-state index in [1.807, 2.05) is 36.4 Å². The number of amides is 1. The van der Waals surface area contributed by atoms with Gasteiger partial charge >= 0.3 is 5.97 Å². The minimum absolute atomic E-state index is 0.178. The average molecular weight is 315 g/mol. The van der Waals surface area contributed by atoms with E-state index in [-0.39, 0.29) is 18.4 Å². The van der Waals surface area contributed by atoms with Gasteiger partial charge in [0.15, 0.2) is 0 Å². The molecule has 0 aliphatic rings. The lowest BCUT2D eigenvalue weighted by atomic mass is 9.96. The second kappa shape index (κ2) is 7.13. The first kappa shape index (κ1) is 16.8. The summed E-state index contributed by atoms with van der Waals surface area (Å²) < 4.78 is 5.20. The zero-order chi connectivity index (χ0) is 17.0. The van der Waals surface area contributed by atoms with E-state index in [9.17, 15) is 9.59 Å². The largest absolute Gasteiger partial charge is 0.497 e. The maximum absolute atomic E-state index is 12.5. The molecule has 2 aromatic rings. The van der Waals surface area contributed by atoms with E-state index in [0.29, 0.717) is 6.54 Å². The monoisotopic (exact) mass is 315 g/mol. The fraction of sp³-hybridized carbons (Fsp3) is 0.333. The topological polar surface area (TPSA) is 66.8 Å². The van der Waals surface area contributed by atoms with E-state index >= 15 is 0 Å². The van der Waals surface area contributed by atoms with Gasteiger partial charge in [0.2, 0.25) is 5.91 Å². The highest BCUT2D eigenvalue weighted by molar-refractivity contribution is 5.89. The van der Waals surface area contributed by atoms with Crippen LogP contribution in [-0.2, 0) is 9.59 Å². The lowest BCUT2D eigenvalue weighted by Crippen LogP contribution is -2.38. The summed E-state index contributed by atoms with van der Waals surface area (Å²) in [5.41, 5.74) is 0.872. The van der Waals surface area contributed by atoms with Gasteiger partial charge in [0.05, 0.1) is 13.0 Å². The van der Waals surface area contributed by atoms with Crippen LogP contribution in [0, 0.1) is 0 Å². The molecular weight excluding hydrogens is 294 g/mol. The van der Waals surface area contributed by atoms with Gasteiger partial charge in [-0.05, 0) is 42.3 Å². The van der Waals surface area contributed by atoms with Crippen molar-refractivity contribution in [1.29, 1.82) is 0 Å². The number of hydrogen-bond donors (Lipinski definition) is 1. The zero-order valence-corrected chi connectivity index (χ0v) is 13.6. The van der Waals surface area contributed by atoms with Crippen molar-refractivity contribution in [2.24, 2.45) is 0 Å². The quantitative estimate of drug-likeness (QED) is 0.890. The van der Waals surface area contributed by atoms with Crippen molar-refractivity contribution < 1.29 is 19.4 Å². The minimum Gasteiger partial charge on any atom is -0.497 e. The first-order valence-corrected chi connectivity index (χ1v) is 7.54. The maximum atomic E-state index is 12.5. The zero-order valence-electron chi connectivity index (χ0n) is 13.6. The van der Waals surface area contributed by atoms with Crippen molar-refractivity contribution in [3.05, 3.63) is 42.0 Å². The van der Waals surface area contributed by atoms with Gasteiger partial charge < -0.3 is 14.7 Å². The first-order chi connectivity index (χ1) is 11.0. The molecule has 0 spiro atoms. The van der Waals surface area contributed by atoms with Crippen molar-refractivity contribution in [3.8, 4) is 5.75 Å². The number of hydrogen-bond acceptors (Lipinski definition) is 3. The first-order valence-electron chi connectivity index (χ1n) is 7.54. The van der Waals surface area contributed by atoms with E-state index in [1.165, 1.54) is 4.90 Å². The second-order valence-corrected chi connectivity index (χ2v) is 5.44. The normalized spacial score (nSPS) is 12.0. The van der Waals surface area contributed by atoms with Crippen LogP contribution >= 0.6 is 0 Å². The number of ether oxygens (including phenoxy) is 1. The van der Waals surface area contributed by atoms with E-state index in [0.717, 1.165) is 22.1 Å². The number of nitrogens with zero attached hydrogens (tertiary/aromatic N) is 1. The van der Waals surface area contributed by atoms with Crippen LogP contribution in [0.1, 0.15) is 25.3 Å². The summed E-state index contributed by atoms with van der Waals surface area (Å²) in [6.45, 7) is 3.68. The van der Waals surface area contributed by atoms with E-state index in [1.54, 1.807) is 21.0 Å². The molecule has 0 fully saturated rings. The Bertz CT molecular complexity index is 726. The number of carboxylic acids is 1. The number of likely N-dealkylation sites (N-methyl/N-ethyl adjacent to an activating group) is 1. The molecule has 23 heavy (non-hydrogen) atoms. The number of carbonyl (C=O) groups is 2. The molecule has 2 aromatic carbocycles. The third-order valence-electron chi connectivity index (χ3n) is 3.96. The number of methoxy groups -OCH3 is 1. The molecule has 0 aromatic heterocycles. The predicted octanol–water partition coefficient (Wildman–Crippen LogP) is 2.89. The Labute approximate surface area is 135 Å². The number of rotatable bonds is 6. The Kier molecular flexibility index (Phi) is 5.21. The van der Waals surface area contributed by atoms with Crippen molar-refractivity contribution in [2.75, 3.05) is 20.2 Å². The predicted molar refractivity (Wildman–Crippen MR) is 88.8 cm³/mol. The van der Waals surface area contributed by atoms with Gasteiger partial charge in [0, 0.05) is 6.54 Å². The Morgan fingerprint density at radius 2 is 1.83 bits per heavy atom. The minimum atomic E-state index is -1.00. The summed E-state index contributed by atoms with van der Waals surface area (Å²) in [5, 5.41) is 11.0. The molecule has 0 saturated heterocycles. The number of carbonyl (C=O) groups excluding carboxylic acids is 1. The van der Waals surface area contributed by atoms with Crippen LogP contribution in [0.5, 0.6) is 5.75 Å². The second-order valence-electron chi connectivity index (χ2n) is 5.44. The molecule has 1 unspecified atom stereocenters. The molecule has 2 rings (SSSR count). The van der Waals surface area contributed by atoms with Crippen molar-refractivity contribution in [2.45, 2.75) is 19.8 Å². The SMILES string of the molecule is CCN(CC(=O)O)C(=O)C(C)c1ccc2cc(OC)ccc2c1. The van der Waals surface area contributed by atoms with Crippen molar-refractivity contribution in [3.63, 3.8) is 0 Å². The third-order valence-corrected chi connectivity index (χ3v) is 3.96. The summed E-state index contributed by atoms with van der Waals surface area (Å²) in [6.07, 6.45) is 0. The van der Waals surface area contributed by atoms with Gasteiger partial charge in [-0.1, -0.05) is 24.3 Å². The van der Waals surface area contributed by atoms with E-state index < -0.39 is 5.97 Å². The highest BCUT2D eigenvalue weighted by Gasteiger charge is 2.22. The molecule has 5 nitrogen and oxygen atoms in total. The molecule has 1 N–H and O–H groups in total. The molecule has 0 aliphatic heterocycles. The molecule has 0 aliphatic carbocycles. The number of carboxylic acid groups (broad SMARTS) is 1. The summed E-state index contributed by atoms with van der Waals surface area (Å²) in [7, 11) is 1.62. The molecule has 122 valence electrons. The highest BCUT2D eigenvalue weighted by atomic mass is 16.5. The van der Waals surface area contributed by atoms with Gasteiger partial charge in [-0.15, -0.1) is 0 Å². The van der Waals surface area contributed by atoms with Crippen LogP contribution in [0.4, 0.5) is 0 Å². The molecule has 1 atom stereocenters. The number of benzene rings is 2. The standard InChI is InChI=1S/C18H21NO4/c1-4-19(11-17(20)21)18(22)12(2)13-5-6-15-10-16(23-3)8-7-14(15)9-13/h5-10,12H,4,11H2,1-3H3,(H,20,21). The third kappa shape index (κ3) is 3.80. The van der Waals surface area contributed by atoms with Gasteiger partial charge in [-0.25, -0.2) is 0 Å². The van der Waals surface area contributed by atoms with Crippen LogP contribution in [0.15, 0.2) is 36.4 Å². The average Bonchev–Trinajstić information content (AvgIpc) is 2.57. The van der Waals surface area contributed by atoms with Crippen LogP contribution in [0.3, 0.4) is 0 Å². The van der Waals surface area contributed by atoms with Crippen LogP contribution in [0.25, 0.3) is 10.8 Å². The molecule has 5 heteroatoms. The smallest absolute Gasteiger partial charge is 0.323 e. The fourth-order valence-electron chi connectivity index (χ4n) is 2.56. The fourth-order valence-corrected chi connectivity index (χ4v) is 2.56. The van der Waals surface area contributed by atoms with Crippen LogP contribution in [0.2, 0.25) is 0 Å². The Hall–Kier alpha value is -2.56. The van der Waals surface area contributed by atoms with Gasteiger partial charge in [-0.3, -0.25) is 9.59 Å². The van der Waals surface area contributed by atoms with Crippen molar-refractivity contribution in [1.82, 2.24) is 4.90 Å². The Morgan fingerprint density at radius 1 is 1.17 bits per heavy atom. The summed E-state index contributed by atoms with van der Waals surface area (Å²) in [6, 6.07) is 11.6. The number of aliphatic carboxylic acids is 1. The number of fused-ring (bicyclic) bond motifs is 1. The molecule has 0 bridgehead atoms. The lowest BCUT2D eigenvalue weighted by Gasteiger charge is -2.23. The summed E-state index contributed by atoms with van der Waals surface area (Å²) in [4.78, 5) is 24.7. The van der Waals surface area contributed by atoms with Gasteiger partial charge in [0.25, 0.3) is 0 Å². The van der Waals surface area contributed by atoms with Crippen LogP contribution in [-0.4, -0.2) is 42.1 Å². The molecule has 0 radical (unpaired) electrons. The Morgan fingerprint density at radius 3 is 2.43 bits per heavy atom. The molecule has 1 amide bonds. The van der Waals surface area contributed by atoms with Gasteiger partial charge in [-0.2, -0.15) is 0 Å². The summed E-state index contributed by atoms with van der Waals surface area (Å²) in [5.74, 6) is -0.783.